The third-order valence-electron chi connectivity index (χ3n) is 5.13. The second kappa shape index (κ2) is 7.84. The van der Waals surface area contributed by atoms with Crippen LogP contribution in [0.5, 0.6) is 0 Å². The van der Waals surface area contributed by atoms with Gasteiger partial charge in [-0.2, -0.15) is 0 Å². The first-order valence-electron chi connectivity index (χ1n) is 9.81. The highest BCUT2D eigenvalue weighted by Crippen LogP contribution is 2.25. The quantitative estimate of drug-likeness (QED) is 0.707. The van der Waals surface area contributed by atoms with Crippen molar-refractivity contribution in [3.8, 4) is 11.4 Å². The Kier molecular flexibility index (Phi) is 5.10. The monoisotopic (exact) mass is 376 g/mol. The predicted octanol–water partition coefficient (Wildman–Crippen LogP) is 3.96. The van der Waals surface area contributed by atoms with Crippen LogP contribution in [0.4, 0.5) is 5.69 Å². The van der Waals surface area contributed by atoms with E-state index >= 15 is 0 Å². The number of imidazole rings is 1. The first-order valence-corrected chi connectivity index (χ1v) is 9.81. The summed E-state index contributed by atoms with van der Waals surface area (Å²) in [5.74, 6) is 0.706. The van der Waals surface area contributed by atoms with E-state index in [-0.39, 0.29) is 17.9 Å². The van der Waals surface area contributed by atoms with Crippen LogP contribution in [0.3, 0.4) is 0 Å². The summed E-state index contributed by atoms with van der Waals surface area (Å²) >= 11 is 0. The average Bonchev–Trinajstić information content (AvgIpc) is 3.35. The summed E-state index contributed by atoms with van der Waals surface area (Å²) in [6.07, 6.45) is 2.87. The van der Waals surface area contributed by atoms with Gasteiger partial charge in [0.15, 0.2) is 0 Å². The van der Waals surface area contributed by atoms with Gasteiger partial charge in [0.1, 0.15) is 11.9 Å². The Hall–Kier alpha value is -3.15. The van der Waals surface area contributed by atoms with Gasteiger partial charge in [-0.05, 0) is 43.5 Å². The minimum Gasteiger partial charge on any atom is -0.338 e. The Labute approximate surface area is 164 Å². The number of hydrogen-bond donors (Lipinski definition) is 2. The maximum atomic E-state index is 12.8. The van der Waals surface area contributed by atoms with E-state index in [2.05, 4.69) is 15.3 Å². The number of carbonyl (C=O) groups excluding carboxylic acids is 2. The lowest BCUT2D eigenvalue weighted by Gasteiger charge is -2.24. The minimum atomic E-state index is -0.381. The number of anilines is 1. The van der Waals surface area contributed by atoms with Crippen molar-refractivity contribution in [2.24, 2.45) is 0 Å². The van der Waals surface area contributed by atoms with Crippen molar-refractivity contribution < 1.29 is 9.59 Å². The molecule has 2 amide bonds. The van der Waals surface area contributed by atoms with Crippen molar-refractivity contribution in [3.63, 3.8) is 0 Å². The van der Waals surface area contributed by atoms with Crippen molar-refractivity contribution in [3.05, 3.63) is 48.5 Å². The zero-order valence-electron chi connectivity index (χ0n) is 15.9. The fourth-order valence-electron chi connectivity index (χ4n) is 3.75. The van der Waals surface area contributed by atoms with Gasteiger partial charge in [-0.25, -0.2) is 4.98 Å². The molecule has 2 heterocycles. The summed E-state index contributed by atoms with van der Waals surface area (Å²) in [7, 11) is 0. The second-order valence-electron chi connectivity index (χ2n) is 7.17. The molecule has 6 nitrogen and oxygen atoms in total. The number of amides is 2. The summed E-state index contributed by atoms with van der Waals surface area (Å²) in [5, 5.41) is 2.98. The Balaban J connectivity index is 1.51. The predicted molar refractivity (Wildman–Crippen MR) is 110 cm³/mol. The van der Waals surface area contributed by atoms with Gasteiger partial charge in [0.05, 0.1) is 11.0 Å². The Morgan fingerprint density at radius 2 is 2.07 bits per heavy atom. The number of hydrogen-bond acceptors (Lipinski definition) is 3. The van der Waals surface area contributed by atoms with Crippen LogP contribution in [0.15, 0.2) is 48.5 Å². The Bertz CT molecular complexity index is 977. The molecular weight excluding hydrogens is 352 g/mol. The molecule has 0 spiro atoms. The first-order chi connectivity index (χ1) is 13.7. The van der Waals surface area contributed by atoms with Gasteiger partial charge in [-0.1, -0.05) is 31.2 Å². The topological polar surface area (TPSA) is 78.1 Å². The molecule has 3 aromatic rings. The lowest BCUT2D eigenvalue weighted by Crippen LogP contribution is -2.43. The van der Waals surface area contributed by atoms with E-state index < -0.39 is 0 Å². The van der Waals surface area contributed by atoms with Crippen LogP contribution in [0.2, 0.25) is 0 Å². The zero-order valence-corrected chi connectivity index (χ0v) is 15.9. The molecule has 2 N–H and O–H groups in total. The van der Waals surface area contributed by atoms with Gasteiger partial charge in [0.2, 0.25) is 11.8 Å². The molecular formula is C22H24N4O2. The van der Waals surface area contributed by atoms with Crippen molar-refractivity contribution in [2.75, 3.05) is 11.9 Å². The molecule has 0 saturated carbocycles. The molecule has 0 bridgehead atoms. The fraction of sp³-hybridized carbons (Fsp3) is 0.318. The van der Waals surface area contributed by atoms with E-state index in [0.717, 1.165) is 35.3 Å². The largest absolute Gasteiger partial charge is 0.338 e. The maximum absolute atomic E-state index is 12.8. The van der Waals surface area contributed by atoms with Crippen molar-refractivity contribution in [1.29, 1.82) is 0 Å². The third kappa shape index (κ3) is 3.63. The van der Waals surface area contributed by atoms with Gasteiger partial charge in [-0.3, -0.25) is 9.59 Å². The van der Waals surface area contributed by atoms with Crippen molar-refractivity contribution >= 4 is 28.5 Å². The SMILES string of the molecule is CCCC(=O)N1CCCC1C(=O)Nc1cccc(-c2nc3ccccc3[nH]2)c1. The van der Waals surface area contributed by atoms with Crippen LogP contribution in [0.1, 0.15) is 32.6 Å². The van der Waals surface area contributed by atoms with Crippen molar-refractivity contribution in [1.82, 2.24) is 14.9 Å². The first kappa shape index (κ1) is 18.2. The number of aromatic amines is 1. The van der Waals surface area contributed by atoms with E-state index in [1.807, 2.05) is 55.5 Å². The van der Waals surface area contributed by atoms with Gasteiger partial charge in [0.25, 0.3) is 0 Å². The number of rotatable bonds is 5. The molecule has 28 heavy (non-hydrogen) atoms. The molecule has 6 heteroatoms. The highest BCUT2D eigenvalue weighted by Gasteiger charge is 2.33. The van der Waals surface area contributed by atoms with Gasteiger partial charge in [0, 0.05) is 24.2 Å². The molecule has 4 rings (SSSR count). The Morgan fingerprint density at radius 1 is 1.21 bits per heavy atom. The lowest BCUT2D eigenvalue weighted by atomic mass is 10.1. The van der Waals surface area contributed by atoms with Crippen molar-refractivity contribution in [2.45, 2.75) is 38.6 Å². The smallest absolute Gasteiger partial charge is 0.247 e. The molecule has 1 aliphatic heterocycles. The molecule has 0 radical (unpaired) electrons. The number of carbonyl (C=O) groups is 2. The van der Waals surface area contributed by atoms with Gasteiger partial charge < -0.3 is 15.2 Å². The second-order valence-corrected chi connectivity index (χ2v) is 7.17. The van der Waals surface area contributed by atoms with Gasteiger partial charge >= 0.3 is 0 Å². The number of H-pyrrole nitrogens is 1. The average molecular weight is 376 g/mol. The summed E-state index contributed by atoms with van der Waals surface area (Å²) < 4.78 is 0. The molecule has 1 aromatic heterocycles. The van der Waals surface area contributed by atoms with Crippen LogP contribution in [-0.2, 0) is 9.59 Å². The summed E-state index contributed by atoms with van der Waals surface area (Å²) in [4.78, 5) is 34.7. The van der Waals surface area contributed by atoms with E-state index in [0.29, 0.717) is 25.1 Å². The van der Waals surface area contributed by atoms with Crippen LogP contribution in [0, 0.1) is 0 Å². The third-order valence-corrected chi connectivity index (χ3v) is 5.13. The molecule has 1 fully saturated rings. The number of aromatic nitrogens is 2. The summed E-state index contributed by atoms with van der Waals surface area (Å²) in [6, 6.07) is 15.1. The van der Waals surface area contributed by atoms with E-state index in [9.17, 15) is 9.59 Å². The normalized spacial score (nSPS) is 16.5. The van der Waals surface area contributed by atoms with E-state index in [1.54, 1.807) is 4.90 Å². The molecule has 1 saturated heterocycles. The molecule has 2 aromatic carbocycles. The zero-order chi connectivity index (χ0) is 19.5. The van der Waals surface area contributed by atoms with Crippen LogP contribution in [-0.4, -0.2) is 39.3 Å². The molecule has 1 aliphatic rings. The van der Waals surface area contributed by atoms with E-state index in [4.69, 9.17) is 0 Å². The molecule has 0 aliphatic carbocycles. The van der Waals surface area contributed by atoms with Crippen LogP contribution >= 0.6 is 0 Å². The summed E-state index contributed by atoms with van der Waals surface area (Å²) in [6.45, 7) is 2.64. The molecule has 1 unspecified atom stereocenters. The fourth-order valence-corrected chi connectivity index (χ4v) is 3.75. The highest BCUT2D eigenvalue weighted by molar-refractivity contribution is 5.98. The number of benzene rings is 2. The minimum absolute atomic E-state index is 0.0659. The standard InChI is InChI=1S/C22H24N4O2/c1-2-7-20(27)26-13-6-12-19(26)22(28)23-16-9-5-8-15(14-16)21-24-17-10-3-4-11-18(17)25-21/h3-5,8-11,14,19H,2,6-7,12-13H2,1H3,(H,23,28)(H,24,25). The number of nitrogens with one attached hydrogen (secondary N) is 2. The van der Waals surface area contributed by atoms with Gasteiger partial charge in [-0.15, -0.1) is 0 Å². The number of para-hydroxylation sites is 2. The Morgan fingerprint density at radius 3 is 2.89 bits per heavy atom. The van der Waals surface area contributed by atoms with E-state index in [1.165, 1.54) is 0 Å². The highest BCUT2D eigenvalue weighted by atomic mass is 16.2. The number of likely N-dealkylation sites (tertiary alicyclic amines) is 1. The molecule has 144 valence electrons. The summed E-state index contributed by atoms with van der Waals surface area (Å²) in [5.41, 5.74) is 3.49. The maximum Gasteiger partial charge on any atom is 0.247 e. The molecule has 1 atom stereocenters. The van der Waals surface area contributed by atoms with Crippen LogP contribution < -0.4 is 5.32 Å². The van der Waals surface area contributed by atoms with Crippen LogP contribution in [0.25, 0.3) is 22.4 Å². The number of nitrogens with zero attached hydrogens (tertiary/aromatic N) is 2. The lowest BCUT2D eigenvalue weighted by molar-refractivity contribution is -0.136. The number of fused-ring (bicyclic) bond motifs is 1.